The van der Waals surface area contributed by atoms with Crippen LogP contribution in [-0.4, -0.2) is 0 Å². The van der Waals surface area contributed by atoms with Gasteiger partial charge in [0.1, 0.15) is 0 Å². The van der Waals surface area contributed by atoms with E-state index < -0.39 is 0 Å². The minimum Gasteiger partial charge on any atom is -0.271 e. The summed E-state index contributed by atoms with van der Waals surface area (Å²) in [6, 6.07) is 6.99. The zero-order chi connectivity index (χ0) is 12.4. The average Bonchev–Trinajstić information content (AvgIpc) is 2.69. The first-order valence-corrected chi connectivity index (χ1v) is 6.65. The van der Waals surface area contributed by atoms with E-state index in [4.69, 9.17) is 5.84 Å². The third-order valence-electron chi connectivity index (χ3n) is 4.15. The minimum atomic E-state index is 0.320. The van der Waals surface area contributed by atoms with Gasteiger partial charge in [-0.05, 0) is 49.7 Å². The van der Waals surface area contributed by atoms with Crippen LogP contribution in [0.15, 0.2) is 18.2 Å². The number of hydrogen-bond acceptors (Lipinski definition) is 2. The van der Waals surface area contributed by atoms with Gasteiger partial charge in [-0.2, -0.15) is 0 Å². The Morgan fingerprint density at radius 2 is 2.06 bits per heavy atom. The lowest BCUT2D eigenvalue weighted by Gasteiger charge is -2.25. The van der Waals surface area contributed by atoms with E-state index in [0.717, 1.165) is 5.92 Å². The topological polar surface area (TPSA) is 38.0 Å². The Morgan fingerprint density at radius 3 is 2.59 bits per heavy atom. The molecule has 1 aliphatic carbocycles. The molecule has 94 valence electrons. The second kappa shape index (κ2) is 5.19. The number of hydrogen-bond donors (Lipinski definition) is 2. The van der Waals surface area contributed by atoms with E-state index in [1.54, 1.807) is 0 Å². The number of hydrazine groups is 1. The largest absolute Gasteiger partial charge is 0.271 e. The minimum absolute atomic E-state index is 0.320. The zero-order valence-electron chi connectivity index (χ0n) is 11.2. The van der Waals surface area contributed by atoms with Gasteiger partial charge in [-0.3, -0.25) is 11.3 Å². The Labute approximate surface area is 105 Å². The van der Waals surface area contributed by atoms with Gasteiger partial charge in [0.05, 0.1) is 0 Å². The van der Waals surface area contributed by atoms with Crippen molar-refractivity contribution in [1.82, 2.24) is 5.43 Å². The predicted molar refractivity (Wildman–Crippen MR) is 72.5 cm³/mol. The molecule has 1 saturated carbocycles. The highest BCUT2D eigenvalue weighted by molar-refractivity contribution is 5.33. The van der Waals surface area contributed by atoms with E-state index in [-0.39, 0.29) is 0 Å². The van der Waals surface area contributed by atoms with Crippen LogP contribution in [0.25, 0.3) is 0 Å². The molecule has 0 spiro atoms. The normalized spacial score (nSPS) is 26.1. The van der Waals surface area contributed by atoms with Crippen LogP contribution < -0.4 is 11.3 Å². The van der Waals surface area contributed by atoms with Crippen molar-refractivity contribution in [3.63, 3.8) is 0 Å². The highest BCUT2D eigenvalue weighted by Gasteiger charge is 2.29. The number of aryl methyl sites for hydroxylation is 2. The lowest BCUT2D eigenvalue weighted by Crippen LogP contribution is -2.33. The first-order valence-electron chi connectivity index (χ1n) is 6.65. The Kier molecular flexibility index (Phi) is 3.85. The number of nitrogens with two attached hydrogens (primary N) is 1. The second-order valence-corrected chi connectivity index (χ2v) is 5.68. The summed E-state index contributed by atoms with van der Waals surface area (Å²) in [6.07, 6.45) is 3.93. The molecule has 3 N–H and O–H groups in total. The quantitative estimate of drug-likeness (QED) is 0.620. The maximum absolute atomic E-state index is 5.79. The van der Waals surface area contributed by atoms with Gasteiger partial charge in [0.2, 0.25) is 0 Å². The Morgan fingerprint density at radius 1 is 1.29 bits per heavy atom. The van der Waals surface area contributed by atoms with Crippen molar-refractivity contribution in [3.05, 3.63) is 34.9 Å². The number of nitrogens with one attached hydrogen (secondary N) is 1. The lowest BCUT2D eigenvalue weighted by atomic mass is 9.88. The molecule has 0 bridgehead atoms. The van der Waals surface area contributed by atoms with Crippen LogP contribution in [0.5, 0.6) is 0 Å². The molecule has 2 heteroatoms. The predicted octanol–water partition coefficient (Wildman–Crippen LogP) is 3.24. The zero-order valence-corrected chi connectivity index (χ0v) is 11.2. The van der Waals surface area contributed by atoms with Crippen LogP contribution in [-0.2, 0) is 0 Å². The molecule has 0 heterocycles. The molecule has 0 amide bonds. The van der Waals surface area contributed by atoms with Gasteiger partial charge in [0, 0.05) is 6.04 Å². The van der Waals surface area contributed by atoms with E-state index in [0.29, 0.717) is 12.0 Å². The van der Waals surface area contributed by atoms with Gasteiger partial charge in [0.15, 0.2) is 0 Å². The summed E-state index contributed by atoms with van der Waals surface area (Å²) in [7, 11) is 0. The van der Waals surface area contributed by atoms with Crippen molar-refractivity contribution < 1.29 is 0 Å². The van der Waals surface area contributed by atoms with Gasteiger partial charge in [-0.1, -0.05) is 37.1 Å². The molecule has 2 nitrogen and oxygen atoms in total. The van der Waals surface area contributed by atoms with Gasteiger partial charge in [0.25, 0.3) is 0 Å². The molecule has 0 saturated heterocycles. The molecule has 0 radical (unpaired) electrons. The average molecular weight is 232 g/mol. The first-order chi connectivity index (χ1) is 8.11. The van der Waals surface area contributed by atoms with Crippen molar-refractivity contribution >= 4 is 0 Å². The van der Waals surface area contributed by atoms with Crippen molar-refractivity contribution in [2.24, 2.45) is 17.7 Å². The maximum atomic E-state index is 5.79. The van der Waals surface area contributed by atoms with Gasteiger partial charge < -0.3 is 0 Å². The molecule has 17 heavy (non-hydrogen) atoms. The highest BCUT2D eigenvalue weighted by Crippen LogP contribution is 2.39. The summed E-state index contributed by atoms with van der Waals surface area (Å²) in [5.74, 6) is 7.33. The lowest BCUT2D eigenvalue weighted by molar-refractivity contribution is 0.363. The molecule has 3 unspecified atom stereocenters. The number of rotatable bonds is 3. The summed E-state index contributed by atoms with van der Waals surface area (Å²) < 4.78 is 0. The maximum Gasteiger partial charge on any atom is 0.0490 e. The molecule has 0 aromatic heterocycles. The van der Waals surface area contributed by atoms with Gasteiger partial charge in [-0.25, -0.2) is 0 Å². The van der Waals surface area contributed by atoms with Crippen molar-refractivity contribution in [2.75, 3.05) is 0 Å². The Hall–Kier alpha value is -0.860. The summed E-state index contributed by atoms with van der Waals surface area (Å²) in [4.78, 5) is 0. The second-order valence-electron chi connectivity index (χ2n) is 5.68. The SMILES string of the molecule is Cc1ccc(C(NN)C2CCC(C)C2)c(C)c1. The van der Waals surface area contributed by atoms with E-state index in [1.807, 2.05) is 0 Å². The van der Waals surface area contributed by atoms with E-state index in [1.165, 1.54) is 36.0 Å². The first kappa shape index (κ1) is 12.6. The Bertz CT molecular complexity index is 387. The van der Waals surface area contributed by atoms with Crippen molar-refractivity contribution in [3.8, 4) is 0 Å². The monoisotopic (exact) mass is 232 g/mol. The number of benzene rings is 1. The molecule has 1 fully saturated rings. The van der Waals surface area contributed by atoms with E-state index in [2.05, 4.69) is 44.4 Å². The smallest absolute Gasteiger partial charge is 0.0490 e. The van der Waals surface area contributed by atoms with Crippen LogP contribution in [0.1, 0.15) is 48.9 Å². The van der Waals surface area contributed by atoms with E-state index in [9.17, 15) is 0 Å². The molecule has 0 aliphatic heterocycles. The van der Waals surface area contributed by atoms with Crippen LogP contribution >= 0.6 is 0 Å². The fourth-order valence-corrected chi connectivity index (χ4v) is 3.21. The summed E-state index contributed by atoms with van der Waals surface area (Å²) in [6.45, 7) is 6.67. The van der Waals surface area contributed by atoms with Crippen LogP contribution in [0.4, 0.5) is 0 Å². The van der Waals surface area contributed by atoms with Crippen LogP contribution in [0.2, 0.25) is 0 Å². The summed E-state index contributed by atoms with van der Waals surface area (Å²) >= 11 is 0. The standard InChI is InChI=1S/C15H24N2/c1-10-5-7-14(12(3)8-10)15(17-16)13-6-4-11(2)9-13/h5,7-8,11,13,15,17H,4,6,9,16H2,1-3H3. The molecular formula is C15H24N2. The fourth-order valence-electron chi connectivity index (χ4n) is 3.21. The Balaban J connectivity index is 2.23. The fraction of sp³-hybridized carbons (Fsp3) is 0.600. The highest BCUT2D eigenvalue weighted by atomic mass is 15.2. The third-order valence-corrected chi connectivity index (χ3v) is 4.15. The molecule has 1 aliphatic rings. The molecule has 1 aromatic carbocycles. The summed E-state index contributed by atoms with van der Waals surface area (Å²) in [5.41, 5.74) is 7.09. The van der Waals surface area contributed by atoms with Crippen LogP contribution in [0, 0.1) is 25.7 Å². The third kappa shape index (κ3) is 2.70. The van der Waals surface area contributed by atoms with Crippen molar-refractivity contribution in [1.29, 1.82) is 0 Å². The van der Waals surface area contributed by atoms with Crippen LogP contribution in [0.3, 0.4) is 0 Å². The van der Waals surface area contributed by atoms with E-state index >= 15 is 0 Å². The molecule has 2 rings (SSSR count). The molecular weight excluding hydrogens is 208 g/mol. The van der Waals surface area contributed by atoms with Crippen molar-refractivity contribution in [2.45, 2.75) is 46.1 Å². The van der Waals surface area contributed by atoms with Gasteiger partial charge in [-0.15, -0.1) is 0 Å². The molecule has 3 atom stereocenters. The molecule has 1 aromatic rings. The van der Waals surface area contributed by atoms with Gasteiger partial charge >= 0.3 is 0 Å². The summed E-state index contributed by atoms with van der Waals surface area (Å²) in [5, 5.41) is 0.